The summed E-state index contributed by atoms with van der Waals surface area (Å²) in [7, 11) is 0. The molecule has 2 aromatic rings. The Balaban J connectivity index is 1.74. The van der Waals surface area contributed by atoms with Gasteiger partial charge in [0.1, 0.15) is 17.4 Å². The van der Waals surface area contributed by atoms with Crippen molar-refractivity contribution < 1.29 is 35.9 Å². The molecule has 172 valence electrons. The molecular weight excluding hydrogens is 474 g/mol. The summed E-state index contributed by atoms with van der Waals surface area (Å²) in [6, 6.07) is 6.66. The van der Waals surface area contributed by atoms with Gasteiger partial charge in [0.2, 0.25) is 0 Å². The van der Waals surface area contributed by atoms with Crippen LogP contribution in [0.15, 0.2) is 36.5 Å². The number of anilines is 2. The number of carbonyl (C=O) groups excluding carboxylic acids is 1. The number of ether oxygens (including phenoxy) is 1. The molecule has 13 heteroatoms. The lowest BCUT2D eigenvalue weighted by Crippen LogP contribution is -2.55. The summed E-state index contributed by atoms with van der Waals surface area (Å²) in [5.74, 6) is -1.05. The van der Waals surface area contributed by atoms with E-state index in [1.54, 1.807) is 0 Å². The number of nitrogens with zero attached hydrogens (tertiary/aromatic N) is 4. The van der Waals surface area contributed by atoms with Crippen LogP contribution in [0.3, 0.4) is 0 Å². The normalized spacial score (nSPS) is 17.8. The van der Waals surface area contributed by atoms with E-state index in [1.807, 2.05) is 0 Å². The first-order valence-electron chi connectivity index (χ1n) is 9.39. The monoisotopic (exact) mass is 486 g/mol. The molecule has 1 spiro atoms. The zero-order valence-corrected chi connectivity index (χ0v) is 17.2. The van der Waals surface area contributed by atoms with Crippen LogP contribution in [-0.2, 0) is 11.0 Å². The molecule has 2 aliphatic rings. The molecule has 1 aromatic carbocycles. The van der Waals surface area contributed by atoms with Crippen molar-refractivity contribution in [2.75, 3.05) is 9.80 Å². The molecule has 6 nitrogen and oxygen atoms in total. The fraction of sp³-hybridized carbons (Fsp3) is 0.300. The number of nitriles is 1. The number of hydrogen-bond acceptors (Lipinski definition) is 5. The van der Waals surface area contributed by atoms with Crippen molar-refractivity contribution in [1.29, 1.82) is 5.26 Å². The van der Waals surface area contributed by atoms with Crippen molar-refractivity contribution in [2.24, 2.45) is 0 Å². The number of rotatable bonds is 3. The number of aromatic nitrogens is 1. The first-order valence-corrected chi connectivity index (χ1v) is 9.80. The van der Waals surface area contributed by atoms with Gasteiger partial charge in [-0.25, -0.2) is 4.98 Å². The number of benzene rings is 1. The van der Waals surface area contributed by atoms with Crippen LogP contribution in [0, 0.1) is 11.3 Å². The summed E-state index contributed by atoms with van der Waals surface area (Å²) >= 11 is 5.42. The molecule has 1 aromatic heterocycles. The van der Waals surface area contributed by atoms with Crippen LogP contribution in [0.4, 0.5) is 37.7 Å². The van der Waals surface area contributed by atoms with Crippen LogP contribution in [0.25, 0.3) is 0 Å². The van der Waals surface area contributed by atoms with Crippen molar-refractivity contribution in [3.8, 4) is 11.8 Å². The molecule has 1 aliphatic carbocycles. The predicted molar refractivity (Wildman–Crippen MR) is 106 cm³/mol. The van der Waals surface area contributed by atoms with Gasteiger partial charge in [-0.1, -0.05) is 0 Å². The lowest BCUT2D eigenvalue weighted by atomic mass is 9.75. The highest BCUT2D eigenvalue weighted by molar-refractivity contribution is 7.81. The van der Waals surface area contributed by atoms with E-state index in [1.165, 1.54) is 23.1 Å². The lowest BCUT2D eigenvalue weighted by Gasteiger charge is -2.43. The summed E-state index contributed by atoms with van der Waals surface area (Å²) in [5, 5.41) is 8.80. The Kier molecular flexibility index (Phi) is 5.24. The number of hydrogen-bond donors (Lipinski definition) is 0. The van der Waals surface area contributed by atoms with Gasteiger partial charge in [0, 0.05) is 5.69 Å². The number of carbonyl (C=O) groups is 1. The molecule has 4 rings (SSSR count). The summed E-state index contributed by atoms with van der Waals surface area (Å²) in [5.41, 5.74) is -3.31. The quantitative estimate of drug-likeness (QED) is 0.453. The second-order valence-electron chi connectivity index (χ2n) is 7.38. The van der Waals surface area contributed by atoms with Crippen molar-refractivity contribution >= 4 is 34.6 Å². The first kappa shape index (κ1) is 22.8. The van der Waals surface area contributed by atoms with Crippen LogP contribution >= 0.6 is 12.2 Å². The second-order valence-corrected chi connectivity index (χ2v) is 7.75. The Hall–Kier alpha value is -3.40. The van der Waals surface area contributed by atoms with E-state index in [2.05, 4.69) is 9.72 Å². The van der Waals surface area contributed by atoms with Gasteiger partial charge in [0.05, 0.1) is 17.4 Å². The molecule has 1 aliphatic heterocycles. The van der Waals surface area contributed by atoms with Gasteiger partial charge < -0.3 is 9.64 Å². The van der Waals surface area contributed by atoms with E-state index >= 15 is 0 Å². The van der Waals surface area contributed by atoms with Gasteiger partial charge in [-0.05, 0) is 61.8 Å². The molecule has 0 radical (unpaired) electrons. The summed E-state index contributed by atoms with van der Waals surface area (Å²) < 4.78 is 81.4. The molecule has 0 atom stereocenters. The van der Waals surface area contributed by atoms with E-state index in [-0.39, 0.29) is 16.5 Å². The van der Waals surface area contributed by atoms with Crippen molar-refractivity contribution in [3.05, 3.63) is 47.8 Å². The maximum atomic E-state index is 13.4. The standard InChI is InChI=1S/C20H12F6N4O2S/c21-19(22,23)14-8-12(10-28-15(14)9-27)29-16(31)18(6-1-7-18)30(17(29)33)11-2-4-13(5-3-11)32-20(24,25)26/h2-5,8,10H,1,6-7H2. The zero-order chi connectivity index (χ0) is 24.2. The summed E-state index contributed by atoms with van der Waals surface area (Å²) in [4.78, 5) is 19.2. The summed E-state index contributed by atoms with van der Waals surface area (Å²) in [6.45, 7) is 0. The number of amides is 1. The molecule has 0 unspecified atom stereocenters. The zero-order valence-electron chi connectivity index (χ0n) is 16.4. The van der Waals surface area contributed by atoms with Crippen molar-refractivity contribution in [2.45, 2.75) is 37.3 Å². The maximum absolute atomic E-state index is 13.4. The van der Waals surface area contributed by atoms with Gasteiger partial charge in [0.15, 0.2) is 10.8 Å². The Morgan fingerprint density at radius 2 is 1.73 bits per heavy atom. The molecule has 0 bridgehead atoms. The number of thiocarbonyl (C=S) groups is 1. The predicted octanol–water partition coefficient (Wildman–Crippen LogP) is 4.93. The van der Waals surface area contributed by atoms with Gasteiger partial charge in [-0.3, -0.25) is 9.69 Å². The third-order valence-electron chi connectivity index (χ3n) is 5.46. The van der Waals surface area contributed by atoms with E-state index < -0.39 is 41.0 Å². The van der Waals surface area contributed by atoms with Crippen molar-refractivity contribution in [3.63, 3.8) is 0 Å². The van der Waals surface area contributed by atoms with Crippen LogP contribution in [0.2, 0.25) is 0 Å². The molecule has 2 heterocycles. The minimum absolute atomic E-state index is 0.149. The highest BCUT2D eigenvalue weighted by atomic mass is 32.1. The van der Waals surface area contributed by atoms with E-state index in [9.17, 15) is 31.1 Å². The van der Waals surface area contributed by atoms with Gasteiger partial charge >= 0.3 is 12.5 Å². The third kappa shape index (κ3) is 3.84. The number of halogens is 6. The summed E-state index contributed by atoms with van der Waals surface area (Å²) in [6.07, 6.45) is -7.48. The second kappa shape index (κ2) is 7.58. The smallest absolute Gasteiger partial charge is 0.406 e. The van der Waals surface area contributed by atoms with Crippen LogP contribution in [0.5, 0.6) is 5.75 Å². The molecule has 33 heavy (non-hydrogen) atoms. The maximum Gasteiger partial charge on any atom is 0.573 e. The highest BCUT2D eigenvalue weighted by Crippen LogP contribution is 2.48. The van der Waals surface area contributed by atoms with E-state index in [4.69, 9.17) is 17.5 Å². The topological polar surface area (TPSA) is 69.5 Å². The Labute approximate surface area is 188 Å². The first-order chi connectivity index (χ1) is 15.4. The molecule has 0 N–H and O–H groups in total. The SMILES string of the molecule is N#Cc1ncc(N2C(=O)C3(CCC3)N(c3ccc(OC(F)(F)F)cc3)C2=S)cc1C(F)(F)F. The minimum atomic E-state index is -4.89. The largest absolute Gasteiger partial charge is 0.573 e. The minimum Gasteiger partial charge on any atom is -0.406 e. The van der Waals surface area contributed by atoms with E-state index in [0.717, 1.165) is 23.2 Å². The number of pyridine rings is 1. The average Bonchev–Trinajstić information content (AvgIpc) is 2.93. The molecule has 1 saturated carbocycles. The van der Waals surface area contributed by atoms with E-state index in [0.29, 0.717) is 25.3 Å². The van der Waals surface area contributed by atoms with Gasteiger partial charge in [0.25, 0.3) is 5.91 Å². The fourth-order valence-electron chi connectivity index (χ4n) is 3.89. The highest BCUT2D eigenvalue weighted by Gasteiger charge is 2.59. The molecular formula is C20H12F6N4O2S. The molecule has 1 saturated heterocycles. The lowest BCUT2D eigenvalue weighted by molar-refractivity contribution is -0.274. The van der Waals surface area contributed by atoms with Crippen LogP contribution < -0.4 is 14.5 Å². The molecule has 1 amide bonds. The number of alkyl halides is 6. The Bertz CT molecular complexity index is 1170. The Morgan fingerprint density at radius 1 is 1.09 bits per heavy atom. The average molecular weight is 486 g/mol. The van der Waals surface area contributed by atoms with Crippen molar-refractivity contribution in [1.82, 2.24) is 4.98 Å². The van der Waals surface area contributed by atoms with Gasteiger partial charge in [-0.15, -0.1) is 13.2 Å². The molecule has 2 fully saturated rings. The van der Waals surface area contributed by atoms with Crippen LogP contribution in [-0.4, -0.2) is 27.9 Å². The van der Waals surface area contributed by atoms with Crippen LogP contribution in [0.1, 0.15) is 30.5 Å². The Morgan fingerprint density at radius 3 is 2.21 bits per heavy atom. The fourth-order valence-corrected chi connectivity index (χ4v) is 4.35. The third-order valence-corrected chi connectivity index (χ3v) is 5.83. The van der Waals surface area contributed by atoms with Gasteiger partial charge in [-0.2, -0.15) is 18.4 Å².